The molecule has 1 aromatic carbocycles. The molecule has 1 unspecified atom stereocenters. The first-order valence-electron chi connectivity index (χ1n) is 7.07. The summed E-state index contributed by atoms with van der Waals surface area (Å²) in [5, 5.41) is 8.05. The van der Waals surface area contributed by atoms with Gasteiger partial charge in [0.25, 0.3) is 0 Å². The summed E-state index contributed by atoms with van der Waals surface area (Å²) in [6.07, 6.45) is 3.24. The molecule has 2 N–H and O–H groups in total. The topological polar surface area (TPSA) is 41.1 Å². The molecule has 110 valence electrons. The molecule has 1 aromatic heterocycles. The molecule has 21 heavy (non-hydrogen) atoms. The van der Waals surface area contributed by atoms with Crippen LogP contribution in [-0.2, 0) is 13.0 Å². The Morgan fingerprint density at radius 3 is 3.05 bits per heavy atom. The number of carbonyl (C=O) groups is 1. The van der Waals surface area contributed by atoms with Gasteiger partial charge in [0.15, 0.2) is 0 Å². The normalized spacial score (nSPS) is 17.1. The van der Waals surface area contributed by atoms with E-state index in [4.69, 9.17) is 0 Å². The second kappa shape index (κ2) is 6.62. The number of hydrogen-bond donors (Lipinski definition) is 2. The van der Waals surface area contributed by atoms with Gasteiger partial charge in [-0.05, 0) is 52.4 Å². The lowest BCUT2D eigenvalue weighted by Gasteiger charge is -2.26. The molecule has 0 aliphatic heterocycles. The van der Waals surface area contributed by atoms with Crippen molar-refractivity contribution in [2.24, 2.45) is 0 Å². The molecule has 1 heterocycles. The third-order valence-corrected chi connectivity index (χ3v) is 5.42. The number of halogens is 1. The van der Waals surface area contributed by atoms with E-state index in [0.29, 0.717) is 6.54 Å². The van der Waals surface area contributed by atoms with E-state index >= 15 is 0 Å². The zero-order valence-corrected chi connectivity index (χ0v) is 14.0. The van der Waals surface area contributed by atoms with Gasteiger partial charge in [0.05, 0.1) is 12.6 Å². The van der Waals surface area contributed by atoms with Gasteiger partial charge in [-0.15, -0.1) is 11.3 Å². The molecule has 0 radical (unpaired) electrons. The van der Waals surface area contributed by atoms with Crippen molar-refractivity contribution in [2.45, 2.75) is 31.8 Å². The molecule has 0 spiro atoms. The summed E-state index contributed by atoms with van der Waals surface area (Å²) < 4.78 is 1.06. The molecular formula is C16H17BrN2OS. The van der Waals surface area contributed by atoms with Crippen molar-refractivity contribution in [1.82, 2.24) is 10.6 Å². The van der Waals surface area contributed by atoms with Gasteiger partial charge in [-0.3, -0.25) is 0 Å². The minimum Gasteiger partial charge on any atom is -0.333 e. The quantitative estimate of drug-likeness (QED) is 0.832. The molecule has 2 amide bonds. The Labute approximate surface area is 136 Å². The Morgan fingerprint density at radius 2 is 2.24 bits per heavy atom. The first-order chi connectivity index (χ1) is 10.2. The van der Waals surface area contributed by atoms with Crippen LogP contribution in [0, 0.1) is 0 Å². The van der Waals surface area contributed by atoms with Crippen LogP contribution in [0.5, 0.6) is 0 Å². The number of carbonyl (C=O) groups excluding carboxylic acids is 1. The number of urea groups is 1. The van der Waals surface area contributed by atoms with Gasteiger partial charge >= 0.3 is 6.03 Å². The van der Waals surface area contributed by atoms with Crippen molar-refractivity contribution in [2.75, 3.05) is 0 Å². The predicted octanol–water partition coefficient (Wildman–Crippen LogP) is 4.39. The number of benzene rings is 1. The van der Waals surface area contributed by atoms with E-state index in [9.17, 15) is 4.79 Å². The number of thiophene rings is 1. The fourth-order valence-electron chi connectivity index (χ4n) is 2.73. The minimum absolute atomic E-state index is 0.0961. The molecule has 2 aromatic rings. The van der Waals surface area contributed by atoms with Gasteiger partial charge < -0.3 is 10.6 Å². The van der Waals surface area contributed by atoms with Crippen LogP contribution in [0.3, 0.4) is 0 Å². The molecule has 1 aliphatic carbocycles. The van der Waals surface area contributed by atoms with E-state index < -0.39 is 0 Å². The summed E-state index contributed by atoms with van der Waals surface area (Å²) in [4.78, 5) is 13.2. The number of nitrogens with one attached hydrogen (secondary N) is 2. The average Bonchev–Trinajstić information content (AvgIpc) is 2.91. The number of amides is 2. The van der Waals surface area contributed by atoms with Crippen LogP contribution in [0.2, 0.25) is 0 Å². The highest BCUT2D eigenvalue weighted by Gasteiger charge is 2.21. The van der Waals surface area contributed by atoms with Gasteiger partial charge in [0, 0.05) is 14.7 Å². The fourth-order valence-corrected chi connectivity index (χ4v) is 4.12. The largest absolute Gasteiger partial charge is 0.333 e. The SMILES string of the molecule is O=C(NCc1cc(Br)cs1)NC1CCCc2ccccc21. The summed E-state index contributed by atoms with van der Waals surface area (Å²) in [5.41, 5.74) is 2.62. The van der Waals surface area contributed by atoms with Gasteiger partial charge in [-0.25, -0.2) is 4.79 Å². The van der Waals surface area contributed by atoms with Gasteiger partial charge in [0.1, 0.15) is 0 Å². The van der Waals surface area contributed by atoms with E-state index in [2.05, 4.69) is 44.8 Å². The van der Waals surface area contributed by atoms with Crippen molar-refractivity contribution >= 4 is 33.3 Å². The zero-order valence-electron chi connectivity index (χ0n) is 11.6. The summed E-state index contributed by atoms with van der Waals surface area (Å²) in [6, 6.07) is 10.4. The monoisotopic (exact) mass is 364 g/mol. The number of fused-ring (bicyclic) bond motifs is 1. The van der Waals surface area contributed by atoms with Crippen LogP contribution in [0.25, 0.3) is 0 Å². The molecule has 0 saturated heterocycles. The van der Waals surface area contributed by atoms with Crippen molar-refractivity contribution in [3.8, 4) is 0 Å². The first kappa shape index (κ1) is 14.6. The predicted molar refractivity (Wildman–Crippen MR) is 89.5 cm³/mol. The fraction of sp³-hybridized carbons (Fsp3) is 0.312. The van der Waals surface area contributed by atoms with Crippen LogP contribution in [0.1, 0.15) is 34.9 Å². The molecule has 3 rings (SSSR count). The molecule has 0 fully saturated rings. The molecule has 0 bridgehead atoms. The zero-order chi connectivity index (χ0) is 14.7. The standard InChI is InChI=1S/C16H17BrN2OS/c17-12-8-13(21-10-12)9-18-16(20)19-15-7-3-5-11-4-1-2-6-14(11)15/h1-2,4,6,8,10,15H,3,5,7,9H2,(H2,18,19,20). The number of hydrogen-bond acceptors (Lipinski definition) is 2. The maximum absolute atomic E-state index is 12.1. The number of rotatable bonds is 3. The maximum Gasteiger partial charge on any atom is 0.315 e. The van der Waals surface area contributed by atoms with Crippen LogP contribution in [0.15, 0.2) is 40.2 Å². The molecule has 3 nitrogen and oxygen atoms in total. The Hall–Kier alpha value is -1.33. The van der Waals surface area contributed by atoms with E-state index in [1.54, 1.807) is 11.3 Å². The summed E-state index contributed by atoms with van der Waals surface area (Å²) in [5.74, 6) is 0. The molecular weight excluding hydrogens is 348 g/mol. The lowest BCUT2D eigenvalue weighted by molar-refractivity contribution is 0.235. The van der Waals surface area contributed by atoms with Gasteiger partial charge in [0.2, 0.25) is 0 Å². The van der Waals surface area contributed by atoms with E-state index in [0.717, 1.165) is 28.6 Å². The van der Waals surface area contributed by atoms with Crippen LogP contribution < -0.4 is 10.6 Å². The van der Waals surface area contributed by atoms with Crippen LogP contribution in [-0.4, -0.2) is 6.03 Å². The molecule has 1 aliphatic rings. The summed E-state index contributed by atoms with van der Waals surface area (Å²) >= 11 is 5.06. The lowest BCUT2D eigenvalue weighted by Crippen LogP contribution is -2.38. The number of aryl methyl sites for hydroxylation is 1. The van der Waals surface area contributed by atoms with E-state index in [-0.39, 0.29) is 12.1 Å². The van der Waals surface area contributed by atoms with Crippen molar-refractivity contribution in [3.05, 3.63) is 56.2 Å². The van der Waals surface area contributed by atoms with Crippen molar-refractivity contribution < 1.29 is 4.79 Å². The highest BCUT2D eigenvalue weighted by molar-refractivity contribution is 9.10. The third-order valence-electron chi connectivity index (χ3n) is 3.72. The second-order valence-corrected chi connectivity index (χ2v) is 7.11. The smallest absolute Gasteiger partial charge is 0.315 e. The highest BCUT2D eigenvalue weighted by atomic mass is 79.9. The molecule has 1 atom stereocenters. The lowest BCUT2D eigenvalue weighted by atomic mass is 9.88. The second-order valence-electron chi connectivity index (χ2n) is 5.20. The van der Waals surface area contributed by atoms with E-state index in [1.807, 2.05) is 17.5 Å². The third kappa shape index (κ3) is 3.66. The van der Waals surface area contributed by atoms with Gasteiger partial charge in [-0.2, -0.15) is 0 Å². The highest BCUT2D eigenvalue weighted by Crippen LogP contribution is 2.29. The summed E-state index contributed by atoms with van der Waals surface area (Å²) in [7, 11) is 0. The molecule has 0 saturated carbocycles. The van der Waals surface area contributed by atoms with E-state index in [1.165, 1.54) is 11.1 Å². The maximum atomic E-state index is 12.1. The van der Waals surface area contributed by atoms with Crippen molar-refractivity contribution in [3.63, 3.8) is 0 Å². The van der Waals surface area contributed by atoms with Crippen LogP contribution in [0.4, 0.5) is 4.79 Å². The Bertz CT molecular complexity index is 641. The Morgan fingerprint density at radius 1 is 1.38 bits per heavy atom. The average molecular weight is 365 g/mol. The van der Waals surface area contributed by atoms with Crippen LogP contribution >= 0.6 is 27.3 Å². The summed E-state index contributed by atoms with van der Waals surface area (Å²) in [6.45, 7) is 0.566. The Kier molecular flexibility index (Phi) is 4.60. The Balaban J connectivity index is 1.58. The van der Waals surface area contributed by atoms with Crippen molar-refractivity contribution in [1.29, 1.82) is 0 Å². The van der Waals surface area contributed by atoms with Gasteiger partial charge in [-0.1, -0.05) is 24.3 Å². The minimum atomic E-state index is -0.0961. The molecule has 5 heteroatoms. The first-order valence-corrected chi connectivity index (χ1v) is 8.75.